The van der Waals surface area contributed by atoms with Crippen LogP contribution >= 0.6 is 0 Å². The van der Waals surface area contributed by atoms with E-state index in [9.17, 15) is 13.6 Å². The summed E-state index contributed by atoms with van der Waals surface area (Å²) in [5.74, 6) is -0.512. The zero-order valence-corrected chi connectivity index (χ0v) is 10.5. The fourth-order valence-corrected chi connectivity index (χ4v) is 1.39. The molecule has 1 amide bonds. The van der Waals surface area contributed by atoms with Crippen LogP contribution < -0.4 is 10.1 Å². The van der Waals surface area contributed by atoms with Crippen LogP contribution in [0.15, 0.2) is 18.3 Å². The van der Waals surface area contributed by atoms with Crippen LogP contribution in [0.3, 0.4) is 0 Å². The summed E-state index contributed by atoms with van der Waals surface area (Å²) in [5, 5.41) is 11.3. The Kier molecular flexibility index (Phi) is 6.14. The molecule has 5 nitrogen and oxygen atoms in total. The van der Waals surface area contributed by atoms with Gasteiger partial charge in [-0.3, -0.25) is 4.79 Å². The van der Waals surface area contributed by atoms with E-state index in [1.807, 2.05) is 0 Å². The molecular formula is C12H16F2N2O3. The highest BCUT2D eigenvalue weighted by Gasteiger charge is 2.17. The number of aliphatic hydroxyl groups is 1. The molecule has 0 radical (unpaired) electrons. The predicted molar refractivity (Wildman–Crippen MR) is 64.4 cm³/mol. The quantitative estimate of drug-likeness (QED) is 0.784. The van der Waals surface area contributed by atoms with E-state index in [1.54, 1.807) is 6.92 Å². The second kappa shape index (κ2) is 7.63. The van der Waals surface area contributed by atoms with Gasteiger partial charge in [-0.05, 0) is 25.5 Å². The van der Waals surface area contributed by atoms with Gasteiger partial charge in [0.2, 0.25) is 0 Å². The molecule has 1 aromatic heterocycles. The number of aromatic nitrogens is 1. The van der Waals surface area contributed by atoms with Gasteiger partial charge < -0.3 is 15.2 Å². The zero-order valence-electron chi connectivity index (χ0n) is 10.5. The summed E-state index contributed by atoms with van der Waals surface area (Å²) in [7, 11) is 0. The number of pyridine rings is 1. The molecule has 1 aromatic rings. The second-order valence-electron chi connectivity index (χ2n) is 3.94. The number of halogens is 2. The number of carbonyl (C=O) groups excluding carboxylic acids is 1. The van der Waals surface area contributed by atoms with Gasteiger partial charge in [-0.15, -0.1) is 0 Å². The van der Waals surface area contributed by atoms with Crippen LogP contribution in [0.4, 0.5) is 8.78 Å². The highest BCUT2D eigenvalue weighted by molar-refractivity contribution is 5.95. The van der Waals surface area contributed by atoms with Crippen molar-refractivity contribution in [1.82, 2.24) is 10.3 Å². The summed E-state index contributed by atoms with van der Waals surface area (Å²) in [6.45, 7) is 0.868. The van der Waals surface area contributed by atoms with Gasteiger partial charge in [-0.2, -0.15) is 0 Å². The fourth-order valence-electron chi connectivity index (χ4n) is 1.39. The molecule has 1 unspecified atom stereocenters. The van der Waals surface area contributed by atoms with E-state index >= 15 is 0 Å². The van der Waals surface area contributed by atoms with Crippen LogP contribution in [-0.4, -0.2) is 41.7 Å². The maximum absolute atomic E-state index is 12.1. The Hall–Kier alpha value is -1.76. The minimum Gasteiger partial charge on any atom is -0.485 e. The molecule has 0 spiro atoms. The van der Waals surface area contributed by atoms with E-state index < -0.39 is 18.9 Å². The van der Waals surface area contributed by atoms with Gasteiger partial charge in [0.05, 0.1) is 0 Å². The average Bonchev–Trinajstić information content (AvgIpc) is 2.36. The van der Waals surface area contributed by atoms with Crippen molar-refractivity contribution < 1.29 is 23.4 Å². The van der Waals surface area contributed by atoms with E-state index in [2.05, 4.69) is 10.3 Å². The van der Waals surface area contributed by atoms with E-state index in [0.717, 1.165) is 0 Å². The number of nitrogens with one attached hydrogen (secondary N) is 1. The molecule has 19 heavy (non-hydrogen) atoms. The van der Waals surface area contributed by atoms with E-state index in [0.29, 0.717) is 6.42 Å². The number of rotatable bonds is 7. The molecule has 2 N–H and O–H groups in total. The van der Waals surface area contributed by atoms with Crippen molar-refractivity contribution >= 4 is 5.91 Å². The first-order valence-corrected chi connectivity index (χ1v) is 5.82. The van der Waals surface area contributed by atoms with Crippen molar-refractivity contribution in [2.45, 2.75) is 25.8 Å². The molecule has 0 fully saturated rings. The van der Waals surface area contributed by atoms with E-state index in [-0.39, 0.29) is 24.1 Å². The smallest absolute Gasteiger partial charge is 0.273 e. The van der Waals surface area contributed by atoms with Gasteiger partial charge in [-0.1, -0.05) is 0 Å². The number of hydrogen-bond acceptors (Lipinski definition) is 4. The average molecular weight is 274 g/mol. The maximum atomic E-state index is 12.1. The zero-order chi connectivity index (χ0) is 14.3. The van der Waals surface area contributed by atoms with E-state index in [1.165, 1.54) is 18.3 Å². The van der Waals surface area contributed by atoms with Crippen LogP contribution in [-0.2, 0) is 0 Å². The van der Waals surface area contributed by atoms with Crippen LogP contribution in [0.1, 0.15) is 23.8 Å². The van der Waals surface area contributed by atoms with Crippen LogP contribution in [0, 0.1) is 0 Å². The van der Waals surface area contributed by atoms with Crippen LogP contribution in [0.5, 0.6) is 5.75 Å². The summed E-state index contributed by atoms with van der Waals surface area (Å²) >= 11 is 0. The summed E-state index contributed by atoms with van der Waals surface area (Å²) in [6.07, 6.45) is -0.850. The standard InChI is InChI=1S/C12H16F2N2O3/c1-8(4-6-17)16-12(18)11-9(3-2-5-15-11)19-7-10(13)14/h2-3,5,8,10,17H,4,6-7H2,1H3,(H,16,18). The Bertz CT molecular complexity index is 416. The maximum Gasteiger partial charge on any atom is 0.273 e. The molecule has 106 valence electrons. The summed E-state index contributed by atoms with van der Waals surface area (Å²) < 4.78 is 29.0. The number of alkyl halides is 2. The number of aliphatic hydroxyl groups excluding tert-OH is 1. The lowest BCUT2D eigenvalue weighted by Gasteiger charge is -2.14. The Labute approximate surface area is 109 Å². The summed E-state index contributed by atoms with van der Waals surface area (Å²) in [6, 6.07) is 2.65. The van der Waals surface area contributed by atoms with Crippen molar-refractivity contribution in [2.75, 3.05) is 13.2 Å². The Morgan fingerprint density at radius 2 is 2.32 bits per heavy atom. The molecule has 0 aliphatic rings. The van der Waals surface area contributed by atoms with Gasteiger partial charge in [-0.25, -0.2) is 13.8 Å². The predicted octanol–water partition coefficient (Wildman–Crippen LogP) is 1.23. The van der Waals surface area contributed by atoms with Crippen molar-refractivity contribution in [1.29, 1.82) is 0 Å². The minimum absolute atomic E-state index is 0.0106. The highest BCUT2D eigenvalue weighted by Crippen LogP contribution is 2.16. The van der Waals surface area contributed by atoms with Gasteiger partial charge >= 0.3 is 0 Å². The first kappa shape index (κ1) is 15.3. The number of hydrogen-bond donors (Lipinski definition) is 2. The number of nitrogens with zero attached hydrogens (tertiary/aromatic N) is 1. The van der Waals surface area contributed by atoms with Crippen LogP contribution in [0.2, 0.25) is 0 Å². The van der Waals surface area contributed by atoms with Crippen molar-refractivity contribution in [3.05, 3.63) is 24.0 Å². The largest absolute Gasteiger partial charge is 0.485 e. The Balaban J connectivity index is 2.73. The lowest BCUT2D eigenvalue weighted by Crippen LogP contribution is -2.34. The van der Waals surface area contributed by atoms with Gasteiger partial charge in [0, 0.05) is 18.8 Å². The lowest BCUT2D eigenvalue weighted by molar-refractivity contribution is 0.0787. The Morgan fingerprint density at radius 3 is 2.95 bits per heavy atom. The molecule has 0 aliphatic heterocycles. The summed E-state index contributed by atoms with van der Waals surface area (Å²) in [5.41, 5.74) is -0.0482. The van der Waals surface area contributed by atoms with E-state index in [4.69, 9.17) is 9.84 Å². The fraction of sp³-hybridized carbons (Fsp3) is 0.500. The van der Waals surface area contributed by atoms with Gasteiger partial charge in [0.25, 0.3) is 12.3 Å². The SMILES string of the molecule is CC(CCO)NC(=O)c1ncccc1OCC(F)F. The monoisotopic (exact) mass is 274 g/mol. The van der Waals surface area contributed by atoms with Gasteiger partial charge in [0.1, 0.15) is 6.61 Å². The minimum atomic E-state index is -2.62. The molecule has 0 aliphatic carbocycles. The lowest BCUT2D eigenvalue weighted by atomic mass is 10.2. The van der Waals surface area contributed by atoms with Crippen molar-refractivity contribution in [2.24, 2.45) is 0 Å². The van der Waals surface area contributed by atoms with Crippen molar-refractivity contribution in [3.8, 4) is 5.75 Å². The first-order valence-electron chi connectivity index (χ1n) is 5.82. The molecule has 0 bridgehead atoms. The number of carbonyl (C=O) groups is 1. The first-order chi connectivity index (χ1) is 9.04. The second-order valence-corrected chi connectivity index (χ2v) is 3.94. The third-order valence-corrected chi connectivity index (χ3v) is 2.29. The third kappa shape index (κ3) is 5.17. The highest BCUT2D eigenvalue weighted by atomic mass is 19.3. The normalized spacial score (nSPS) is 12.3. The molecule has 0 saturated heterocycles. The number of ether oxygens (including phenoxy) is 1. The molecule has 1 heterocycles. The molecule has 1 rings (SSSR count). The van der Waals surface area contributed by atoms with Crippen molar-refractivity contribution in [3.63, 3.8) is 0 Å². The number of amides is 1. The molecule has 0 saturated carbocycles. The third-order valence-electron chi connectivity index (χ3n) is 2.29. The Morgan fingerprint density at radius 1 is 1.58 bits per heavy atom. The van der Waals surface area contributed by atoms with Gasteiger partial charge in [0.15, 0.2) is 11.4 Å². The summed E-state index contributed by atoms with van der Waals surface area (Å²) in [4.78, 5) is 15.7. The molecular weight excluding hydrogens is 258 g/mol. The molecule has 1 atom stereocenters. The topological polar surface area (TPSA) is 71.5 Å². The molecule has 7 heteroatoms. The van der Waals surface area contributed by atoms with Crippen LogP contribution in [0.25, 0.3) is 0 Å². The molecule has 0 aromatic carbocycles.